The van der Waals surface area contributed by atoms with E-state index in [1.165, 1.54) is 4.31 Å². The molecule has 0 aromatic carbocycles. The van der Waals surface area contributed by atoms with Gasteiger partial charge in [-0.1, -0.05) is 13.8 Å². The average Bonchev–Trinajstić information content (AvgIpc) is 2.36. The van der Waals surface area contributed by atoms with Gasteiger partial charge in [0, 0.05) is 19.1 Å². The van der Waals surface area contributed by atoms with Crippen LogP contribution in [0.4, 0.5) is 0 Å². The van der Waals surface area contributed by atoms with Crippen molar-refractivity contribution in [3.8, 4) is 0 Å². The normalized spacial score (nSPS) is 19.3. The summed E-state index contributed by atoms with van der Waals surface area (Å²) >= 11 is 0. The molecule has 0 saturated carbocycles. The van der Waals surface area contributed by atoms with E-state index in [2.05, 4.69) is 4.72 Å². The van der Waals surface area contributed by atoms with Crippen molar-refractivity contribution in [2.24, 2.45) is 5.92 Å². The number of rotatable bonds is 6. The Kier molecular flexibility index (Phi) is 5.55. The van der Waals surface area contributed by atoms with Gasteiger partial charge < -0.3 is 5.11 Å². The minimum atomic E-state index is -3.47. The van der Waals surface area contributed by atoms with Crippen molar-refractivity contribution in [3.63, 3.8) is 0 Å². The Labute approximate surface area is 109 Å². The van der Waals surface area contributed by atoms with Crippen molar-refractivity contribution >= 4 is 16.2 Å². The zero-order valence-electron chi connectivity index (χ0n) is 10.9. The number of aliphatic carboxylic acids is 1. The number of carbonyl (C=O) groups is 1. The third-order valence-corrected chi connectivity index (χ3v) is 5.12. The number of piperidine rings is 1. The van der Waals surface area contributed by atoms with Crippen LogP contribution in [0.25, 0.3) is 0 Å². The molecule has 0 aromatic rings. The van der Waals surface area contributed by atoms with Crippen LogP contribution in [0, 0.1) is 5.92 Å². The molecule has 1 aliphatic rings. The molecule has 2 N–H and O–H groups in total. The first-order valence-corrected chi connectivity index (χ1v) is 7.84. The van der Waals surface area contributed by atoms with Crippen LogP contribution in [0.5, 0.6) is 0 Å². The Bertz CT molecular complexity index is 371. The minimum Gasteiger partial charge on any atom is -0.481 e. The van der Waals surface area contributed by atoms with Crippen LogP contribution in [0.1, 0.15) is 39.5 Å². The zero-order valence-corrected chi connectivity index (χ0v) is 11.7. The maximum absolute atomic E-state index is 12.1. The highest BCUT2D eigenvalue weighted by atomic mass is 32.2. The summed E-state index contributed by atoms with van der Waals surface area (Å²) in [6.07, 6.45) is 2.28. The van der Waals surface area contributed by atoms with Gasteiger partial charge in [0.15, 0.2) is 0 Å². The van der Waals surface area contributed by atoms with E-state index < -0.39 is 22.1 Å². The molecule has 18 heavy (non-hydrogen) atoms. The zero-order chi connectivity index (χ0) is 13.8. The number of carboxylic acid groups (broad SMARTS) is 1. The second-order valence-electron chi connectivity index (χ2n) is 4.65. The average molecular weight is 278 g/mol. The van der Waals surface area contributed by atoms with E-state index in [1.54, 1.807) is 0 Å². The van der Waals surface area contributed by atoms with Crippen LogP contribution in [0.2, 0.25) is 0 Å². The molecule has 0 atom stereocenters. The van der Waals surface area contributed by atoms with Gasteiger partial charge in [0.2, 0.25) is 0 Å². The Morgan fingerprint density at radius 1 is 1.33 bits per heavy atom. The summed E-state index contributed by atoms with van der Waals surface area (Å²) in [6, 6.07) is -0.0489. The number of hydrogen-bond donors (Lipinski definition) is 2. The highest BCUT2D eigenvalue weighted by Gasteiger charge is 2.31. The van der Waals surface area contributed by atoms with E-state index in [0.717, 1.165) is 12.8 Å². The summed E-state index contributed by atoms with van der Waals surface area (Å²) in [5.41, 5.74) is 0. The summed E-state index contributed by atoms with van der Waals surface area (Å²) in [7, 11) is -3.47. The molecule has 0 spiro atoms. The van der Waals surface area contributed by atoms with Crippen molar-refractivity contribution in [1.82, 2.24) is 9.03 Å². The van der Waals surface area contributed by atoms with E-state index >= 15 is 0 Å². The molecule has 0 amide bonds. The first-order chi connectivity index (χ1) is 8.40. The first kappa shape index (κ1) is 15.4. The molecule has 0 aromatic heterocycles. The van der Waals surface area contributed by atoms with Gasteiger partial charge >= 0.3 is 5.97 Å². The lowest BCUT2D eigenvalue weighted by molar-refractivity contribution is -0.142. The molecule has 1 rings (SSSR count). The maximum atomic E-state index is 12.1. The molecule has 0 radical (unpaired) electrons. The Morgan fingerprint density at radius 3 is 2.22 bits per heavy atom. The summed E-state index contributed by atoms with van der Waals surface area (Å²) in [6.45, 7) is 4.44. The van der Waals surface area contributed by atoms with Crippen molar-refractivity contribution in [2.45, 2.75) is 45.6 Å². The Morgan fingerprint density at radius 2 is 1.83 bits per heavy atom. The van der Waals surface area contributed by atoms with Crippen LogP contribution in [0.3, 0.4) is 0 Å². The van der Waals surface area contributed by atoms with E-state index in [1.807, 2.05) is 13.8 Å². The highest BCUT2D eigenvalue weighted by Crippen LogP contribution is 2.19. The quantitative estimate of drug-likeness (QED) is 0.752. The minimum absolute atomic E-state index is 0.0489. The van der Waals surface area contributed by atoms with Crippen LogP contribution < -0.4 is 4.72 Å². The van der Waals surface area contributed by atoms with Crippen LogP contribution in [0.15, 0.2) is 0 Å². The molecule has 6 nitrogen and oxygen atoms in total. The topological polar surface area (TPSA) is 86.7 Å². The number of nitrogens with one attached hydrogen (secondary N) is 1. The van der Waals surface area contributed by atoms with Gasteiger partial charge in [-0.2, -0.15) is 17.4 Å². The van der Waals surface area contributed by atoms with Crippen molar-refractivity contribution in [1.29, 1.82) is 0 Å². The van der Waals surface area contributed by atoms with E-state index in [-0.39, 0.29) is 19.1 Å². The van der Waals surface area contributed by atoms with Gasteiger partial charge in [-0.3, -0.25) is 4.79 Å². The second kappa shape index (κ2) is 6.49. The Hall–Kier alpha value is -0.660. The summed E-state index contributed by atoms with van der Waals surface area (Å²) < 4.78 is 28.1. The molecule has 1 saturated heterocycles. The van der Waals surface area contributed by atoms with Crippen LogP contribution >= 0.6 is 0 Å². The third kappa shape index (κ3) is 3.93. The molecule has 7 heteroatoms. The summed E-state index contributed by atoms with van der Waals surface area (Å²) in [5.74, 6) is -1.25. The number of carboxylic acids is 1. The monoisotopic (exact) mass is 278 g/mol. The predicted molar refractivity (Wildman–Crippen MR) is 68.4 cm³/mol. The second-order valence-corrected chi connectivity index (χ2v) is 6.35. The molecular weight excluding hydrogens is 256 g/mol. The van der Waals surface area contributed by atoms with E-state index in [9.17, 15) is 13.2 Å². The predicted octanol–water partition coefficient (Wildman–Crippen LogP) is 0.806. The van der Waals surface area contributed by atoms with Gasteiger partial charge in [-0.15, -0.1) is 0 Å². The fourth-order valence-corrected chi connectivity index (χ4v) is 3.68. The first-order valence-electron chi connectivity index (χ1n) is 6.40. The van der Waals surface area contributed by atoms with Crippen LogP contribution in [-0.4, -0.2) is 42.9 Å². The summed E-state index contributed by atoms with van der Waals surface area (Å²) in [5, 5.41) is 8.87. The van der Waals surface area contributed by atoms with Gasteiger partial charge in [0.05, 0.1) is 5.92 Å². The smallest absolute Gasteiger partial charge is 0.306 e. The van der Waals surface area contributed by atoms with Crippen molar-refractivity contribution in [2.75, 3.05) is 13.1 Å². The SMILES string of the molecule is CCC(CC)NS(=O)(=O)N1CCC(C(=O)O)CC1. The lowest BCUT2D eigenvalue weighted by Crippen LogP contribution is -2.48. The van der Waals surface area contributed by atoms with Crippen LogP contribution in [-0.2, 0) is 15.0 Å². The molecule has 0 unspecified atom stereocenters. The lowest BCUT2D eigenvalue weighted by Gasteiger charge is -2.30. The molecule has 1 aliphatic heterocycles. The maximum Gasteiger partial charge on any atom is 0.306 e. The largest absolute Gasteiger partial charge is 0.481 e. The molecule has 0 aliphatic carbocycles. The molecule has 106 valence electrons. The lowest BCUT2D eigenvalue weighted by atomic mass is 9.99. The summed E-state index contributed by atoms with van der Waals surface area (Å²) in [4.78, 5) is 10.8. The molecule has 1 heterocycles. The highest BCUT2D eigenvalue weighted by molar-refractivity contribution is 7.87. The van der Waals surface area contributed by atoms with Gasteiger partial charge in [-0.05, 0) is 25.7 Å². The molecule has 1 fully saturated rings. The third-order valence-electron chi connectivity index (χ3n) is 3.44. The van der Waals surface area contributed by atoms with Crippen molar-refractivity contribution in [3.05, 3.63) is 0 Å². The van der Waals surface area contributed by atoms with Gasteiger partial charge in [-0.25, -0.2) is 0 Å². The van der Waals surface area contributed by atoms with Gasteiger partial charge in [0.25, 0.3) is 10.2 Å². The molecule has 0 bridgehead atoms. The standard InChI is InChI=1S/C11H22N2O4S/c1-3-10(4-2)12-18(16,17)13-7-5-9(6-8-13)11(14)15/h9-10,12H,3-8H2,1-2H3,(H,14,15). The fourth-order valence-electron chi connectivity index (χ4n) is 2.08. The molecular formula is C11H22N2O4S. The number of nitrogens with zero attached hydrogens (tertiary/aromatic N) is 1. The van der Waals surface area contributed by atoms with E-state index in [0.29, 0.717) is 12.8 Å². The number of hydrogen-bond acceptors (Lipinski definition) is 3. The van der Waals surface area contributed by atoms with E-state index in [4.69, 9.17) is 5.11 Å². The van der Waals surface area contributed by atoms with Gasteiger partial charge in [0.1, 0.15) is 0 Å². The van der Waals surface area contributed by atoms with Crippen molar-refractivity contribution < 1.29 is 18.3 Å². The fraction of sp³-hybridized carbons (Fsp3) is 0.909. The Balaban J connectivity index is 2.58.